The number of alkyl halides is 2. The predicted molar refractivity (Wildman–Crippen MR) is 69.8 cm³/mol. The number of benzene rings is 1. The van der Waals surface area contributed by atoms with Crippen LogP contribution in [0, 0.1) is 5.82 Å². The van der Waals surface area contributed by atoms with Gasteiger partial charge in [-0.3, -0.25) is 0 Å². The molecular weight excluding hydrogens is 275 g/mol. The van der Waals surface area contributed by atoms with E-state index in [2.05, 4.69) is 5.32 Å². The summed E-state index contributed by atoms with van der Waals surface area (Å²) in [6.07, 6.45) is -2.85. The summed E-state index contributed by atoms with van der Waals surface area (Å²) < 4.78 is 46.2. The van der Waals surface area contributed by atoms with Crippen LogP contribution in [0.25, 0.3) is 0 Å². The molecule has 0 saturated carbocycles. The van der Waals surface area contributed by atoms with Crippen molar-refractivity contribution in [2.45, 2.75) is 31.4 Å². The molecule has 1 saturated heterocycles. The van der Waals surface area contributed by atoms with Gasteiger partial charge < -0.3 is 10.1 Å². The van der Waals surface area contributed by atoms with Gasteiger partial charge in [-0.15, -0.1) is 0 Å². The standard InChI is InChI=1S/C13H14F3NOS/c1-12(2)11(19)17-13(7-18-12,10(15)16)8-5-3-4-6-9(8)14/h3-6,10H,7H2,1-2H3,(H,17,19)/t13-/m1/s1. The van der Waals surface area contributed by atoms with Crippen molar-refractivity contribution in [2.75, 3.05) is 6.61 Å². The van der Waals surface area contributed by atoms with Gasteiger partial charge in [0.05, 0.1) is 6.61 Å². The third-order valence-electron chi connectivity index (χ3n) is 3.27. The van der Waals surface area contributed by atoms with Crippen molar-refractivity contribution < 1.29 is 17.9 Å². The summed E-state index contributed by atoms with van der Waals surface area (Å²) in [5, 5.41) is 2.59. The molecule has 0 unspecified atom stereocenters. The molecule has 19 heavy (non-hydrogen) atoms. The van der Waals surface area contributed by atoms with Gasteiger partial charge in [0.2, 0.25) is 0 Å². The van der Waals surface area contributed by atoms with Crippen molar-refractivity contribution in [3.05, 3.63) is 35.6 Å². The largest absolute Gasteiger partial charge is 0.365 e. The Hall–Kier alpha value is -1.14. The summed E-state index contributed by atoms with van der Waals surface area (Å²) in [5.74, 6) is -0.707. The topological polar surface area (TPSA) is 21.3 Å². The van der Waals surface area contributed by atoms with Crippen LogP contribution in [-0.2, 0) is 10.3 Å². The molecular formula is C13H14F3NOS. The molecule has 0 aliphatic carbocycles. The summed E-state index contributed by atoms with van der Waals surface area (Å²) in [6, 6.07) is 5.42. The molecule has 0 bridgehead atoms. The van der Waals surface area contributed by atoms with Gasteiger partial charge in [0.1, 0.15) is 16.4 Å². The number of thiocarbonyl (C=S) groups is 1. The minimum Gasteiger partial charge on any atom is -0.365 e. The van der Waals surface area contributed by atoms with Crippen LogP contribution in [0.2, 0.25) is 0 Å². The molecule has 0 amide bonds. The van der Waals surface area contributed by atoms with E-state index in [4.69, 9.17) is 17.0 Å². The molecule has 104 valence electrons. The number of rotatable bonds is 2. The molecule has 6 heteroatoms. The lowest BCUT2D eigenvalue weighted by Crippen LogP contribution is -2.64. The second kappa shape index (κ2) is 4.76. The van der Waals surface area contributed by atoms with E-state index in [-0.39, 0.29) is 17.2 Å². The highest BCUT2D eigenvalue weighted by Gasteiger charge is 2.50. The number of ether oxygens (including phenoxy) is 1. The smallest absolute Gasteiger partial charge is 0.267 e. The molecule has 0 spiro atoms. The van der Waals surface area contributed by atoms with Crippen LogP contribution in [0.4, 0.5) is 13.2 Å². The van der Waals surface area contributed by atoms with Crippen molar-refractivity contribution in [3.63, 3.8) is 0 Å². The molecule has 1 fully saturated rings. The zero-order chi connectivity index (χ0) is 14.3. The first-order valence-electron chi connectivity index (χ1n) is 5.79. The van der Waals surface area contributed by atoms with Crippen molar-refractivity contribution in [3.8, 4) is 0 Å². The summed E-state index contributed by atoms with van der Waals surface area (Å²) in [6.45, 7) is 3.01. The van der Waals surface area contributed by atoms with Crippen LogP contribution in [0.15, 0.2) is 24.3 Å². The highest BCUT2D eigenvalue weighted by Crippen LogP contribution is 2.36. The van der Waals surface area contributed by atoms with E-state index < -0.39 is 23.4 Å². The first-order chi connectivity index (χ1) is 8.79. The Balaban J connectivity index is 2.47. The maximum atomic E-state index is 13.8. The number of hydrogen-bond donors (Lipinski definition) is 1. The molecule has 1 N–H and O–H groups in total. The third kappa shape index (κ3) is 2.34. The molecule has 2 nitrogen and oxygen atoms in total. The van der Waals surface area contributed by atoms with Crippen molar-refractivity contribution in [2.24, 2.45) is 0 Å². The zero-order valence-corrected chi connectivity index (χ0v) is 11.4. The summed E-state index contributed by atoms with van der Waals surface area (Å²) >= 11 is 5.06. The molecule has 2 rings (SSSR count). The van der Waals surface area contributed by atoms with Crippen LogP contribution >= 0.6 is 12.2 Å². The Morgan fingerprint density at radius 1 is 1.32 bits per heavy atom. The maximum Gasteiger partial charge on any atom is 0.267 e. The number of morpholine rings is 1. The summed E-state index contributed by atoms with van der Waals surface area (Å²) in [4.78, 5) is 0.141. The lowest BCUT2D eigenvalue weighted by atomic mass is 9.87. The Morgan fingerprint density at radius 3 is 2.47 bits per heavy atom. The fourth-order valence-corrected chi connectivity index (χ4v) is 2.19. The fraction of sp³-hybridized carbons (Fsp3) is 0.462. The van der Waals surface area contributed by atoms with E-state index in [9.17, 15) is 13.2 Å². The molecule has 0 radical (unpaired) electrons. The average molecular weight is 289 g/mol. The number of hydrogen-bond acceptors (Lipinski definition) is 2. The van der Waals surface area contributed by atoms with E-state index in [0.717, 1.165) is 6.07 Å². The van der Waals surface area contributed by atoms with Gasteiger partial charge in [-0.05, 0) is 19.9 Å². The Morgan fingerprint density at radius 2 is 1.95 bits per heavy atom. The van der Waals surface area contributed by atoms with Crippen molar-refractivity contribution >= 4 is 17.2 Å². The van der Waals surface area contributed by atoms with Crippen LogP contribution in [0.5, 0.6) is 0 Å². The fourth-order valence-electron chi connectivity index (χ4n) is 1.95. The third-order valence-corrected chi connectivity index (χ3v) is 3.86. The first-order valence-corrected chi connectivity index (χ1v) is 6.20. The molecule has 1 aromatic carbocycles. The molecule has 1 aromatic rings. The van der Waals surface area contributed by atoms with Gasteiger partial charge in [0.25, 0.3) is 6.43 Å². The van der Waals surface area contributed by atoms with E-state index in [0.29, 0.717) is 0 Å². The summed E-state index contributed by atoms with van der Waals surface area (Å²) in [5.41, 5.74) is -2.90. The highest BCUT2D eigenvalue weighted by atomic mass is 32.1. The predicted octanol–water partition coefficient (Wildman–Crippen LogP) is 3.01. The second-order valence-electron chi connectivity index (χ2n) is 5.01. The normalized spacial score (nSPS) is 26.3. The van der Waals surface area contributed by atoms with Gasteiger partial charge in [-0.1, -0.05) is 30.4 Å². The quantitative estimate of drug-likeness (QED) is 0.846. The van der Waals surface area contributed by atoms with E-state index >= 15 is 0 Å². The minimum absolute atomic E-state index is 0.136. The Bertz CT molecular complexity index is 506. The average Bonchev–Trinajstić information content (AvgIpc) is 2.33. The van der Waals surface area contributed by atoms with Gasteiger partial charge >= 0.3 is 0 Å². The Kier molecular flexibility index (Phi) is 3.57. The van der Waals surface area contributed by atoms with E-state index in [1.54, 1.807) is 13.8 Å². The SMILES string of the molecule is CC1(C)OC[C@@](c2ccccc2F)(C(F)F)NC1=S. The van der Waals surface area contributed by atoms with Crippen LogP contribution in [0.3, 0.4) is 0 Å². The van der Waals surface area contributed by atoms with Gasteiger partial charge in [-0.2, -0.15) is 0 Å². The molecule has 1 heterocycles. The number of nitrogens with one attached hydrogen (secondary N) is 1. The molecule has 0 aromatic heterocycles. The Labute approximate surface area is 114 Å². The molecule has 1 aliphatic heterocycles. The monoisotopic (exact) mass is 289 g/mol. The van der Waals surface area contributed by atoms with Gasteiger partial charge in [0, 0.05) is 5.56 Å². The second-order valence-corrected chi connectivity index (χ2v) is 5.41. The lowest BCUT2D eigenvalue weighted by molar-refractivity contribution is -0.0826. The summed E-state index contributed by atoms with van der Waals surface area (Å²) in [7, 11) is 0. The van der Waals surface area contributed by atoms with Crippen LogP contribution in [0.1, 0.15) is 19.4 Å². The highest BCUT2D eigenvalue weighted by molar-refractivity contribution is 7.80. The van der Waals surface area contributed by atoms with Crippen LogP contribution in [-0.4, -0.2) is 23.6 Å². The first kappa shape index (κ1) is 14.3. The van der Waals surface area contributed by atoms with Crippen molar-refractivity contribution in [1.29, 1.82) is 0 Å². The molecule has 1 aliphatic rings. The lowest BCUT2D eigenvalue weighted by Gasteiger charge is -2.45. The van der Waals surface area contributed by atoms with E-state index in [1.165, 1.54) is 18.2 Å². The van der Waals surface area contributed by atoms with Gasteiger partial charge in [0.15, 0.2) is 5.54 Å². The van der Waals surface area contributed by atoms with Crippen molar-refractivity contribution in [1.82, 2.24) is 5.32 Å². The van der Waals surface area contributed by atoms with E-state index in [1.807, 2.05) is 0 Å². The van der Waals surface area contributed by atoms with Crippen LogP contribution < -0.4 is 5.32 Å². The zero-order valence-electron chi connectivity index (χ0n) is 10.5. The van der Waals surface area contributed by atoms with Gasteiger partial charge in [-0.25, -0.2) is 13.2 Å². The number of halogens is 3. The maximum absolute atomic E-state index is 13.8. The molecule has 1 atom stereocenters. The minimum atomic E-state index is -2.85.